The lowest BCUT2D eigenvalue weighted by Crippen LogP contribution is -2.05. The Bertz CT molecular complexity index is 579. The van der Waals surface area contributed by atoms with Crippen LogP contribution in [0.1, 0.15) is 15.9 Å². The molecule has 0 spiro atoms. The van der Waals surface area contributed by atoms with E-state index < -0.39 is 0 Å². The summed E-state index contributed by atoms with van der Waals surface area (Å²) in [4.78, 5) is 12.3. The first-order valence-electron chi connectivity index (χ1n) is 5.39. The van der Waals surface area contributed by atoms with E-state index in [1.54, 1.807) is 24.3 Å². The van der Waals surface area contributed by atoms with Crippen LogP contribution >= 0.6 is 0 Å². The molecule has 0 unspecified atom stereocenters. The van der Waals surface area contributed by atoms with E-state index >= 15 is 0 Å². The molecule has 0 bridgehead atoms. The number of carbonyl (C=O) groups is 1. The van der Waals surface area contributed by atoms with Gasteiger partial charge in [-0.3, -0.25) is 4.79 Å². The minimum Gasteiger partial charge on any atom is -0.506 e. The van der Waals surface area contributed by atoms with E-state index in [4.69, 9.17) is 10.5 Å². The van der Waals surface area contributed by atoms with Crippen molar-refractivity contribution in [2.24, 2.45) is 0 Å². The molecule has 0 atom stereocenters. The number of anilines is 1. The van der Waals surface area contributed by atoms with Crippen molar-refractivity contribution in [3.8, 4) is 11.5 Å². The van der Waals surface area contributed by atoms with Crippen molar-refractivity contribution in [1.82, 2.24) is 0 Å². The number of carbonyl (C=O) groups excluding carboxylic acids is 1. The molecule has 4 nitrogen and oxygen atoms in total. The Morgan fingerprint density at radius 3 is 2.50 bits per heavy atom. The third-order valence-corrected chi connectivity index (χ3v) is 2.63. The van der Waals surface area contributed by atoms with Crippen molar-refractivity contribution in [2.45, 2.75) is 0 Å². The number of nitrogen functional groups attached to an aromatic ring is 1. The molecule has 2 aromatic rings. The molecule has 0 aliphatic heterocycles. The molecule has 0 radical (unpaired) electrons. The summed E-state index contributed by atoms with van der Waals surface area (Å²) in [6, 6.07) is 11.6. The second kappa shape index (κ2) is 4.79. The average molecular weight is 243 g/mol. The fourth-order valence-corrected chi connectivity index (χ4v) is 1.68. The SMILES string of the molecule is COc1cc(O)c(N)cc1C(=O)c1ccccc1. The van der Waals surface area contributed by atoms with Crippen LogP contribution in [0.4, 0.5) is 5.69 Å². The molecule has 2 rings (SSSR count). The molecule has 92 valence electrons. The van der Waals surface area contributed by atoms with E-state index in [1.807, 2.05) is 6.07 Å². The van der Waals surface area contributed by atoms with Crippen molar-refractivity contribution >= 4 is 11.5 Å². The lowest BCUT2D eigenvalue weighted by atomic mass is 10.0. The van der Waals surface area contributed by atoms with Crippen LogP contribution in [0.15, 0.2) is 42.5 Å². The van der Waals surface area contributed by atoms with Gasteiger partial charge < -0.3 is 15.6 Å². The summed E-state index contributed by atoms with van der Waals surface area (Å²) in [6.45, 7) is 0. The smallest absolute Gasteiger partial charge is 0.196 e. The van der Waals surface area contributed by atoms with Gasteiger partial charge in [-0.05, 0) is 6.07 Å². The summed E-state index contributed by atoms with van der Waals surface area (Å²) in [6.07, 6.45) is 0. The number of ketones is 1. The van der Waals surface area contributed by atoms with E-state index in [1.165, 1.54) is 19.2 Å². The molecule has 4 heteroatoms. The number of rotatable bonds is 3. The van der Waals surface area contributed by atoms with E-state index in [2.05, 4.69) is 0 Å². The van der Waals surface area contributed by atoms with Gasteiger partial charge in [0.2, 0.25) is 0 Å². The topological polar surface area (TPSA) is 72.6 Å². The molecule has 0 fully saturated rings. The number of hydrogen-bond acceptors (Lipinski definition) is 4. The van der Waals surface area contributed by atoms with Gasteiger partial charge in [0, 0.05) is 11.6 Å². The zero-order valence-electron chi connectivity index (χ0n) is 9.88. The maximum Gasteiger partial charge on any atom is 0.196 e. The van der Waals surface area contributed by atoms with Crippen molar-refractivity contribution in [3.05, 3.63) is 53.6 Å². The lowest BCUT2D eigenvalue weighted by Gasteiger charge is -2.10. The Balaban J connectivity index is 2.51. The molecular formula is C14H13NO3. The maximum atomic E-state index is 12.3. The Morgan fingerprint density at radius 1 is 1.22 bits per heavy atom. The summed E-state index contributed by atoms with van der Waals surface area (Å²) >= 11 is 0. The van der Waals surface area contributed by atoms with Crippen LogP contribution in [-0.2, 0) is 0 Å². The fraction of sp³-hybridized carbons (Fsp3) is 0.0714. The lowest BCUT2D eigenvalue weighted by molar-refractivity contribution is 0.103. The summed E-state index contributed by atoms with van der Waals surface area (Å²) in [5.74, 6) is 0.00571. The van der Waals surface area contributed by atoms with Gasteiger partial charge in [0.15, 0.2) is 5.78 Å². The quantitative estimate of drug-likeness (QED) is 0.492. The van der Waals surface area contributed by atoms with Gasteiger partial charge in [-0.2, -0.15) is 0 Å². The highest BCUT2D eigenvalue weighted by molar-refractivity contribution is 6.11. The Kier molecular flexibility index (Phi) is 3.19. The molecule has 2 aromatic carbocycles. The normalized spacial score (nSPS) is 10.1. The monoisotopic (exact) mass is 243 g/mol. The predicted octanol–water partition coefficient (Wildman–Crippen LogP) is 2.21. The first-order chi connectivity index (χ1) is 8.63. The molecule has 0 saturated heterocycles. The van der Waals surface area contributed by atoms with Crippen LogP contribution in [0.25, 0.3) is 0 Å². The number of phenolic OH excluding ortho intramolecular Hbond substituents is 1. The maximum absolute atomic E-state index is 12.3. The Hall–Kier alpha value is -2.49. The first-order valence-corrected chi connectivity index (χ1v) is 5.39. The second-order valence-corrected chi connectivity index (χ2v) is 3.81. The summed E-state index contributed by atoms with van der Waals surface area (Å²) < 4.78 is 5.09. The van der Waals surface area contributed by atoms with Crippen LogP contribution in [0.3, 0.4) is 0 Å². The fourth-order valence-electron chi connectivity index (χ4n) is 1.68. The van der Waals surface area contributed by atoms with Gasteiger partial charge in [0.1, 0.15) is 11.5 Å². The van der Waals surface area contributed by atoms with E-state index in [9.17, 15) is 9.90 Å². The van der Waals surface area contributed by atoms with E-state index in [-0.39, 0.29) is 17.2 Å². The van der Waals surface area contributed by atoms with Crippen LogP contribution < -0.4 is 10.5 Å². The summed E-state index contributed by atoms with van der Waals surface area (Å²) in [7, 11) is 1.44. The number of hydrogen-bond donors (Lipinski definition) is 2. The Labute approximate surface area is 105 Å². The molecule has 18 heavy (non-hydrogen) atoms. The highest BCUT2D eigenvalue weighted by atomic mass is 16.5. The van der Waals surface area contributed by atoms with Gasteiger partial charge in [0.05, 0.1) is 18.4 Å². The van der Waals surface area contributed by atoms with Crippen molar-refractivity contribution in [3.63, 3.8) is 0 Å². The number of phenols is 1. The van der Waals surface area contributed by atoms with Crippen molar-refractivity contribution in [2.75, 3.05) is 12.8 Å². The molecule has 0 heterocycles. The first kappa shape index (κ1) is 12.0. The zero-order valence-corrected chi connectivity index (χ0v) is 9.88. The number of nitrogens with two attached hydrogens (primary N) is 1. The Morgan fingerprint density at radius 2 is 1.89 bits per heavy atom. The van der Waals surface area contributed by atoms with E-state index in [0.717, 1.165) is 0 Å². The highest BCUT2D eigenvalue weighted by Crippen LogP contribution is 2.31. The predicted molar refractivity (Wildman–Crippen MR) is 68.9 cm³/mol. The van der Waals surface area contributed by atoms with Gasteiger partial charge in [0.25, 0.3) is 0 Å². The van der Waals surface area contributed by atoms with Crippen LogP contribution in [0.2, 0.25) is 0 Å². The van der Waals surface area contributed by atoms with Crippen LogP contribution in [0.5, 0.6) is 11.5 Å². The third-order valence-electron chi connectivity index (χ3n) is 2.63. The highest BCUT2D eigenvalue weighted by Gasteiger charge is 2.16. The van der Waals surface area contributed by atoms with Crippen molar-refractivity contribution < 1.29 is 14.6 Å². The molecule has 0 aromatic heterocycles. The molecule has 0 amide bonds. The van der Waals surface area contributed by atoms with Crippen LogP contribution in [-0.4, -0.2) is 18.0 Å². The van der Waals surface area contributed by atoms with Gasteiger partial charge >= 0.3 is 0 Å². The largest absolute Gasteiger partial charge is 0.506 e. The summed E-state index contributed by atoms with van der Waals surface area (Å²) in [5.41, 5.74) is 6.63. The average Bonchev–Trinajstić information content (AvgIpc) is 2.41. The molecule has 3 N–H and O–H groups in total. The minimum atomic E-state index is -0.195. The second-order valence-electron chi connectivity index (χ2n) is 3.81. The van der Waals surface area contributed by atoms with Gasteiger partial charge in [-0.15, -0.1) is 0 Å². The number of ether oxygens (including phenoxy) is 1. The standard InChI is InChI=1S/C14H13NO3/c1-18-13-8-12(16)11(15)7-10(13)14(17)9-5-3-2-4-6-9/h2-8,16H,15H2,1H3. The zero-order chi connectivity index (χ0) is 13.1. The van der Waals surface area contributed by atoms with Crippen LogP contribution in [0, 0.1) is 0 Å². The number of aromatic hydroxyl groups is 1. The molecule has 0 saturated carbocycles. The van der Waals surface area contributed by atoms with Gasteiger partial charge in [-0.25, -0.2) is 0 Å². The number of benzene rings is 2. The van der Waals surface area contributed by atoms with Crippen molar-refractivity contribution in [1.29, 1.82) is 0 Å². The third kappa shape index (κ3) is 2.13. The number of methoxy groups -OCH3 is 1. The molecule has 0 aliphatic rings. The van der Waals surface area contributed by atoms with E-state index in [0.29, 0.717) is 16.9 Å². The molecule has 0 aliphatic carbocycles. The molecular weight excluding hydrogens is 230 g/mol. The van der Waals surface area contributed by atoms with Gasteiger partial charge in [-0.1, -0.05) is 30.3 Å². The minimum absolute atomic E-state index is 0.100. The summed E-state index contributed by atoms with van der Waals surface area (Å²) in [5, 5.41) is 9.49.